The van der Waals surface area contributed by atoms with Crippen LogP contribution in [0.25, 0.3) is 16.7 Å². The topological polar surface area (TPSA) is 49.3 Å². The Labute approximate surface area is 181 Å². The van der Waals surface area contributed by atoms with E-state index in [2.05, 4.69) is 5.32 Å². The Hall–Kier alpha value is -2.54. The van der Waals surface area contributed by atoms with E-state index in [0.717, 1.165) is 0 Å². The average molecular weight is 454 g/mol. The predicted molar refractivity (Wildman–Crippen MR) is 110 cm³/mol. The fourth-order valence-corrected chi connectivity index (χ4v) is 4.61. The molecule has 4 rings (SSSR count). The first-order valence-corrected chi connectivity index (χ1v) is 10.3. The third-order valence-electron chi connectivity index (χ3n) is 6.36. The molecule has 0 radical (unpaired) electrons. The number of benzene rings is 2. The van der Waals surface area contributed by atoms with Crippen molar-refractivity contribution >= 4 is 23.1 Å². The number of amides is 1. The number of halogens is 5. The highest BCUT2D eigenvalue weighted by Gasteiger charge is 2.52. The van der Waals surface area contributed by atoms with E-state index in [1.165, 1.54) is 13.0 Å². The van der Waals surface area contributed by atoms with E-state index in [1.54, 1.807) is 30.3 Å². The van der Waals surface area contributed by atoms with E-state index in [-0.39, 0.29) is 48.1 Å². The van der Waals surface area contributed by atoms with Gasteiger partial charge in [-0.25, -0.2) is 4.39 Å². The van der Waals surface area contributed by atoms with Gasteiger partial charge in [0, 0.05) is 5.02 Å². The number of rotatable bonds is 2. The molecule has 1 heterocycles. The molecule has 8 heteroatoms. The zero-order valence-electron chi connectivity index (χ0n) is 16.6. The van der Waals surface area contributed by atoms with E-state index >= 15 is 0 Å². The largest absolute Gasteiger partial charge is 0.509 e. The molecule has 31 heavy (non-hydrogen) atoms. The molecule has 0 unspecified atom stereocenters. The van der Waals surface area contributed by atoms with Crippen LogP contribution in [0.4, 0.5) is 17.6 Å². The summed E-state index contributed by atoms with van der Waals surface area (Å²) in [6.45, 7) is 1.50. The van der Waals surface area contributed by atoms with Gasteiger partial charge in [0.2, 0.25) is 0 Å². The standard InChI is InChI=1S/C23H20ClF4NO2/c1-12-17(10-14(11-18(12)25)13-2-4-16(24)5-3-13)19-20(30)22(29-21(19)31)8-6-15(7-9-22)23(26,27)28/h2-5,10-11,15,30H,6-9H2,1H3,(H,29,31)/t15-,22+. The van der Waals surface area contributed by atoms with Gasteiger partial charge in [-0.2, -0.15) is 13.2 Å². The Bertz CT molecular complexity index is 1070. The quantitative estimate of drug-likeness (QED) is 0.521. The van der Waals surface area contributed by atoms with E-state index in [1.807, 2.05) is 0 Å². The van der Waals surface area contributed by atoms with Crippen molar-refractivity contribution in [1.82, 2.24) is 5.32 Å². The van der Waals surface area contributed by atoms with Crippen molar-refractivity contribution in [2.75, 3.05) is 0 Å². The summed E-state index contributed by atoms with van der Waals surface area (Å²) in [6, 6.07) is 9.66. The van der Waals surface area contributed by atoms with Gasteiger partial charge in [-0.05, 0) is 79.1 Å². The lowest BCUT2D eigenvalue weighted by molar-refractivity contribution is -0.184. The number of hydrogen-bond donors (Lipinski definition) is 2. The number of carbonyl (C=O) groups excluding carboxylic acids is 1. The number of hydrogen-bond acceptors (Lipinski definition) is 2. The molecule has 1 saturated carbocycles. The molecule has 1 aliphatic heterocycles. The van der Waals surface area contributed by atoms with Crippen LogP contribution in [0, 0.1) is 18.7 Å². The summed E-state index contributed by atoms with van der Waals surface area (Å²) in [5, 5.41) is 14.2. The highest BCUT2D eigenvalue weighted by Crippen LogP contribution is 2.47. The second-order valence-electron chi connectivity index (χ2n) is 8.21. The predicted octanol–water partition coefficient (Wildman–Crippen LogP) is 6.34. The van der Waals surface area contributed by atoms with Crippen molar-refractivity contribution in [3.63, 3.8) is 0 Å². The van der Waals surface area contributed by atoms with Gasteiger partial charge in [0.25, 0.3) is 5.91 Å². The van der Waals surface area contributed by atoms with Crippen LogP contribution >= 0.6 is 11.6 Å². The van der Waals surface area contributed by atoms with Gasteiger partial charge >= 0.3 is 6.18 Å². The fourth-order valence-electron chi connectivity index (χ4n) is 4.48. The maximum absolute atomic E-state index is 14.7. The normalized spacial score (nSPS) is 24.1. The van der Waals surface area contributed by atoms with Gasteiger partial charge in [-0.1, -0.05) is 23.7 Å². The van der Waals surface area contributed by atoms with Crippen molar-refractivity contribution in [3.05, 3.63) is 64.1 Å². The number of aliphatic hydroxyl groups excluding tert-OH is 1. The lowest BCUT2D eigenvalue weighted by Crippen LogP contribution is -2.48. The van der Waals surface area contributed by atoms with Crippen molar-refractivity contribution in [2.24, 2.45) is 5.92 Å². The molecular formula is C23H20ClF4NO2. The van der Waals surface area contributed by atoms with Gasteiger partial charge in [0.05, 0.1) is 17.0 Å². The molecule has 2 aromatic rings. The van der Waals surface area contributed by atoms with E-state index < -0.39 is 29.4 Å². The summed E-state index contributed by atoms with van der Waals surface area (Å²) in [6.07, 6.45) is -4.76. The molecule has 0 aromatic heterocycles. The molecule has 2 N–H and O–H groups in total. The Morgan fingerprint density at radius 2 is 1.71 bits per heavy atom. The van der Waals surface area contributed by atoms with Gasteiger partial charge < -0.3 is 10.4 Å². The van der Waals surface area contributed by atoms with Crippen LogP contribution < -0.4 is 5.32 Å². The van der Waals surface area contributed by atoms with Crippen molar-refractivity contribution in [1.29, 1.82) is 0 Å². The van der Waals surface area contributed by atoms with Crippen LogP contribution in [0.3, 0.4) is 0 Å². The smallest absolute Gasteiger partial charge is 0.391 e. The second-order valence-corrected chi connectivity index (χ2v) is 8.65. The van der Waals surface area contributed by atoms with E-state index in [4.69, 9.17) is 11.6 Å². The van der Waals surface area contributed by atoms with Gasteiger partial charge in [-0.3, -0.25) is 4.79 Å². The summed E-state index contributed by atoms with van der Waals surface area (Å²) in [4.78, 5) is 12.8. The monoisotopic (exact) mass is 453 g/mol. The fraction of sp³-hybridized carbons (Fsp3) is 0.348. The van der Waals surface area contributed by atoms with Crippen LogP contribution in [0.5, 0.6) is 0 Å². The summed E-state index contributed by atoms with van der Waals surface area (Å²) < 4.78 is 53.9. The zero-order chi connectivity index (χ0) is 22.6. The van der Waals surface area contributed by atoms with Crippen molar-refractivity contribution in [3.8, 4) is 11.1 Å². The summed E-state index contributed by atoms with van der Waals surface area (Å²) in [5.74, 6) is -2.94. The lowest BCUT2D eigenvalue weighted by atomic mass is 9.75. The molecule has 1 aliphatic carbocycles. The Kier molecular flexibility index (Phi) is 5.28. The third-order valence-corrected chi connectivity index (χ3v) is 6.62. The highest BCUT2D eigenvalue weighted by molar-refractivity contribution is 6.30. The second kappa shape index (κ2) is 7.55. The first-order chi connectivity index (χ1) is 14.5. The van der Waals surface area contributed by atoms with Crippen molar-refractivity contribution in [2.45, 2.75) is 44.3 Å². The molecule has 2 aromatic carbocycles. The first-order valence-electron chi connectivity index (χ1n) is 9.91. The van der Waals surface area contributed by atoms with E-state index in [9.17, 15) is 27.5 Å². The molecule has 164 valence electrons. The first kappa shape index (κ1) is 21.7. The molecular weight excluding hydrogens is 434 g/mol. The summed E-state index contributed by atoms with van der Waals surface area (Å²) >= 11 is 5.91. The molecule has 0 bridgehead atoms. The maximum Gasteiger partial charge on any atom is 0.391 e. The van der Waals surface area contributed by atoms with Crippen LogP contribution in [-0.2, 0) is 4.79 Å². The third kappa shape index (κ3) is 3.80. The molecule has 3 nitrogen and oxygen atoms in total. The van der Waals surface area contributed by atoms with Crippen molar-refractivity contribution < 1.29 is 27.5 Å². The summed E-state index contributed by atoms with van der Waals surface area (Å²) in [5.41, 5.74) is 0.226. The molecule has 1 amide bonds. The molecule has 0 atom stereocenters. The molecule has 2 aliphatic rings. The SMILES string of the molecule is Cc1c(F)cc(-c2ccc(Cl)cc2)cc1C1=C(O)[C@]2(CC[C@H](C(F)(F)F)CC2)NC1=O. The minimum absolute atomic E-state index is 0.0311. The molecule has 0 saturated heterocycles. The van der Waals surface area contributed by atoms with Crippen LogP contribution in [0.1, 0.15) is 36.8 Å². The van der Waals surface area contributed by atoms with Gasteiger partial charge in [-0.15, -0.1) is 0 Å². The molecule has 1 fully saturated rings. The number of aliphatic hydroxyl groups is 1. The van der Waals surface area contributed by atoms with Crippen LogP contribution in [0.15, 0.2) is 42.2 Å². The van der Waals surface area contributed by atoms with Gasteiger partial charge in [0.1, 0.15) is 11.6 Å². The number of carbonyl (C=O) groups is 1. The Balaban J connectivity index is 1.75. The minimum atomic E-state index is -4.31. The Morgan fingerprint density at radius 3 is 2.29 bits per heavy atom. The summed E-state index contributed by atoms with van der Waals surface area (Å²) in [7, 11) is 0. The average Bonchev–Trinajstić information content (AvgIpc) is 2.94. The maximum atomic E-state index is 14.7. The zero-order valence-corrected chi connectivity index (χ0v) is 17.4. The van der Waals surface area contributed by atoms with Crippen LogP contribution in [0.2, 0.25) is 5.02 Å². The molecule has 1 spiro atoms. The van der Waals surface area contributed by atoms with Crippen LogP contribution in [-0.4, -0.2) is 22.7 Å². The van der Waals surface area contributed by atoms with E-state index in [0.29, 0.717) is 16.1 Å². The lowest BCUT2D eigenvalue weighted by Gasteiger charge is -2.37. The Morgan fingerprint density at radius 1 is 1.10 bits per heavy atom. The number of nitrogens with one attached hydrogen (secondary N) is 1. The minimum Gasteiger partial charge on any atom is -0.509 e. The van der Waals surface area contributed by atoms with Gasteiger partial charge in [0.15, 0.2) is 0 Å². The highest BCUT2D eigenvalue weighted by atomic mass is 35.5. The number of alkyl halides is 3.